The number of carbonyl (C=O) groups excluding carboxylic acids is 1. The lowest BCUT2D eigenvalue weighted by Crippen LogP contribution is -2.10. The average molecular weight is 260 g/mol. The summed E-state index contributed by atoms with van der Waals surface area (Å²) in [6.45, 7) is 15.3. The zero-order chi connectivity index (χ0) is 15.1. The van der Waals surface area contributed by atoms with E-state index in [1.807, 2.05) is 6.08 Å². The van der Waals surface area contributed by atoms with Gasteiger partial charge in [-0.2, -0.15) is 0 Å². The van der Waals surface area contributed by atoms with Gasteiger partial charge in [-0.15, -0.1) is 0 Å². The lowest BCUT2D eigenvalue weighted by atomic mass is 9.87. The molecule has 2 heteroatoms. The predicted octanol–water partition coefficient (Wildman–Crippen LogP) is 4.36. The largest absolute Gasteiger partial charge is 0.466 e. The van der Waals surface area contributed by atoms with Gasteiger partial charge in [-0.1, -0.05) is 64.3 Å². The maximum atomic E-state index is 10.2. The van der Waals surface area contributed by atoms with Crippen LogP contribution in [0.25, 0.3) is 6.08 Å². The number of ether oxygens (including phenoxy) is 1. The smallest absolute Gasteiger partial charge is 0.332 e. The third-order valence-corrected chi connectivity index (χ3v) is 2.55. The fourth-order valence-corrected chi connectivity index (χ4v) is 1.29. The van der Waals surface area contributed by atoms with Crippen molar-refractivity contribution in [2.24, 2.45) is 0 Å². The molecule has 0 saturated carbocycles. The normalized spacial score (nSPS) is 9.95. The molecular formula is C17H24O2. The Kier molecular flexibility index (Phi) is 6.84. The Bertz CT molecular complexity index is 433. The van der Waals surface area contributed by atoms with E-state index in [1.54, 1.807) is 6.92 Å². The van der Waals surface area contributed by atoms with E-state index in [-0.39, 0.29) is 11.4 Å². The third-order valence-electron chi connectivity index (χ3n) is 2.55. The highest BCUT2D eigenvalue weighted by Crippen LogP contribution is 2.22. The van der Waals surface area contributed by atoms with Gasteiger partial charge >= 0.3 is 5.97 Å². The van der Waals surface area contributed by atoms with Gasteiger partial charge in [-0.05, 0) is 23.5 Å². The highest BCUT2D eigenvalue weighted by atomic mass is 16.5. The highest BCUT2D eigenvalue weighted by molar-refractivity contribution is 5.86. The van der Waals surface area contributed by atoms with E-state index in [4.69, 9.17) is 0 Å². The van der Waals surface area contributed by atoms with Crippen LogP contribution in [-0.4, -0.2) is 13.1 Å². The minimum Gasteiger partial charge on any atom is -0.466 e. The molecule has 1 aromatic rings. The summed E-state index contributed by atoms with van der Waals surface area (Å²) in [6.07, 6.45) is 1.87. The summed E-state index contributed by atoms with van der Waals surface area (Å²) < 4.78 is 4.27. The maximum absolute atomic E-state index is 10.2. The van der Waals surface area contributed by atoms with Crippen molar-refractivity contribution >= 4 is 12.0 Å². The molecule has 0 radical (unpaired) electrons. The second-order valence-electron chi connectivity index (χ2n) is 5.35. The van der Waals surface area contributed by atoms with Gasteiger partial charge in [0.25, 0.3) is 0 Å². The van der Waals surface area contributed by atoms with Crippen molar-refractivity contribution in [3.8, 4) is 0 Å². The zero-order valence-corrected chi connectivity index (χ0v) is 12.6. The summed E-state index contributed by atoms with van der Waals surface area (Å²) in [6, 6.07) is 8.54. The van der Waals surface area contributed by atoms with Crippen molar-refractivity contribution in [3.63, 3.8) is 0 Å². The van der Waals surface area contributed by atoms with Crippen LogP contribution in [0.4, 0.5) is 0 Å². The number of carbonyl (C=O) groups is 1. The van der Waals surface area contributed by atoms with Crippen molar-refractivity contribution in [3.05, 3.63) is 54.1 Å². The third kappa shape index (κ3) is 6.61. The number of benzene rings is 1. The fourth-order valence-electron chi connectivity index (χ4n) is 1.29. The second kappa shape index (κ2) is 7.57. The summed E-state index contributed by atoms with van der Waals surface area (Å²) >= 11 is 0. The van der Waals surface area contributed by atoms with E-state index < -0.39 is 0 Å². The van der Waals surface area contributed by atoms with E-state index >= 15 is 0 Å². The minimum absolute atomic E-state index is 0.250. The molecule has 104 valence electrons. The Hall–Kier alpha value is -1.83. The minimum atomic E-state index is -0.347. The molecule has 2 nitrogen and oxygen atoms in total. The number of rotatable bonds is 2. The van der Waals surface area contributed by atoms with Crippen LogP contribution in [-0.2, 0) is 14.9 Å². The number of methoxy groups -OCH3 is 1. The van der Waals surface area contributed by atoms with Crippen molar-refractivity contribution in [2.75, 3.05) is 7.11 Å². The Morgan fingerprint density at radius 1 is 1.21 bits per heavy atom. The van der Waals surface area contributed by atoms with Crippen LogP contribution in [0.3, 0.4) is 0 Å². The molecule has 0 fully saturated rings. The van der Waals surface area contributed by atoms with Gasteiger partial charge in [-0.3, -0.25) is 0 Å². The van der Waals surface area contributed by atoms with Crippen LogP contribution in [0.1, 0.15) is 38.8 Å². The molecule has 1 rings (SSSR count). The number of esters is 1. The molecule has 1 aromatic carbocycles. The van der Waals surface area contributed by atoms with E-state index in [9.17, 15) is 4.79 Å². The molecule has 0 aliphatic carbocycles. The lowest BCUT2D eigenvalue weighted by Gasteiger charge is -2.18. The molecule has 0 bridgehead atoms. The molecular weight excluding hydrogens is 236 g/mol. The Morgan fingerprint density at radius 3 is 1.89 bits per heavy atom. The summed E-state index contributed by atoms with van der Waals surface area (Å²) in [5.74, 6) is -0.347. The average Bonchev–Trinajstić information content (AvgIpc) is 2.37. The fraction of sp³-hybridized carbons (Fsp3) is 0.353. The SMILES string of the molecule is C=C(C)C(=O)OC.C=Cc1ccc(C(C)(C)C)cc1. The summed E-state index contributed by atoms with van der Waals surface area (Å²) in [4.78, 5) is 10.2. The monoisotopic (exact) mass is 260 g/mol. The van der Waals surface area contributed by atoms with Crippen molar-refractivity contribution < 1.29 is 9.53 Å². The molecule has 0 aliphatic heterocycles. The molecule has 0 saturated heterocycles. The predicted molar refractivity (Wildman–Crippen MR) is 82.1 cm³/mol. The Morgan fingerprint density at radius 2 is 1.68 bits per heavy atom. The first-order valence-electron chi connectivity index (χ1n) is 6.19. The first-order valence-corrected chi connectivity index (χ1v) is 6.19. The molecule has 0 aromatic heterocycles. The molecule has 0 N–H and O–H groups in total. The highest BCUT2D eigenvalue weighted by Gasteiger charge is 2.12. The van der Waals surface area contributed by atoms with Gasteiger partial charge in [0.15, 0.2) is 0 Å². The zero-order valence-electron chi connectivity index (χ0n) is 12.6. The van der Waals surface area contributed by atoms with E-state index in [0.717, 1.165) is 0 Å². The van der Waals surface area contributed by atoms with Crippen LogP contribution < -0.4 is 0 Å². The van der Waals surface area contributed by atoms with Gasteiger partial charge in [0, 0.05) is 5.57 Å². The van der Waals surface area contributed by atoms with Crippen molar-refractivity contribution in [2.45, 2.75) is 33.1 Å². The summed E-state index contributed by atoms with van der Waals surface area (Å²) in [5.41, 5.74) is 3.23. The topological polar surface area (TPSA) is 26.3 Å². The number of hydrogen-bond donors (Lipinski definition) is 0. The van der Waals surface area contributed by atoms with Crippen LogP contribution >= 0.6 is 0 Å². The molecule has 0 amide bonds. The van der Waals surface area contributed by atoms with Gasteiger partial charge in [0.05, 0.1) is 7.11 Å². The first kappa shape index (κ1) is 17.2. The van der Waals surface area contributed by atoms with Crippen LogP contribution in [0.5, 0.6) is 0 Å². The molecule has 0 unspecified atom stereocenters. The van der Waals surface area contributed by atoms with E-state index in [0.29, 0.717) is 5.57 Å². The Balaban J connectivity index is 0.000000399. The van der Waals surface area contributed by atoms with Gasteiger partial charge in [-0.25, -0.2) is 4.79 Å². The molecule has 0 aliphatic rings. The van der Waals surface area contributed by atoms with Gasteiger partial charge in [0.2, 0.25) is 0 Å². The lowest BCUT2D eigenvalue weighted by molar-refractivity contribution is -0.136. The van der Waals surface area contributed by atoms with Crippen LogP contribution in [0.15, 0.2) is 43.0 Å². The summed E-state index contributed by atoms with van der Waals surface area (Å²) in [5, 5.41) is 0. The van der Waals surface area contributed by atoms with Crippen LogP contribution in [0, 0.1) is 0 Å². The number of hydrogen-bond acceptors (Lipinski definition) is 2. The van der Waals surface area contributed by atoms with Crippen molar-refractivity contribution in [1.29, 1.82) is 0 Å². The quantitative estimate of drug-likeness (QED) is 0.583. The van der Waals surface area contributed by atoms with Crippen molar-refractivity contribution in [1.82, 2.24) is 0 Å². The molecule has 0 atom stereocenters. The van der Waals surface area contributed by atoms with Gasteiger partial charge in [0.1, 0.15) is 0 Å². The molecule has 0 spiro atoms. The standard InChI is InChI=1S/C12H16.C5H8O2/c1-5-10-6-8-11(9-7-10)12(2,3)4;1-4(2)5(6)7-3/h5-9H,1H2,2-4H3;1H2,2-3H3. The summed E-state index contributed by atoms with van der Waals surface area (Å²) in [7, 11) is 1.33. The second-order valence-corrected chi connectivity index (χ2v) is 5.35. The van der Waals surface area contributed by atoms with E-state index in [2.05, 4.69) is 62.9 Å². The Labute approximate surface area is 116 Å². The molecule has 0 heterocycles. The van der Waals surface area contributed by atoms with E-state index in [1.165, 1.54) is 18.2 Å². The van der Waals surface area contributed by atoms with Crippen LogP contribution in [0.2, 0.25) is 0 Å². The first-order chi connectivity index (χ1) is 8.72. The van der Waals surface area contributed by atoms with Gasteiger partial charge < -0.3 is 4.74 Å². The molecule has 19 heavy (non-hydrogen) atoms. The maximum Gasteiger partial charge on any atom is 0.332 e.